The molecule has 1 unspecified atom stereocenters. The lowest BCUT2D eigenvalue weighted by Gasteiger charge is -2.34. The topological polar surface area (TPSA) is 56.1 Å². The fourth-order valence-electron chi connectivity index (χ4n) is 2.62. The Hall–Kier alpha value is -1.86. The molecule has 1 N–H and O–H groups in total. The minimum Gasteiger partial charge on any atom is -0.358 e. The third-order valence-electron chi connectivity index (χ3n) is 3.60. The smallest absolute Gasteiger partial charge is 0.237 e. The number of hydrogen-bond donors (Lipinski definition) is 1. The molecule has 1 aliphatic rings. The highest BCUT2D eigenvalue weighted by atomic mass is 16.2. The number of rotatable bonds is 3. The van der Waals surface area contributed by atoms with Gasteiger partial charge >= 0.3 is 0 Å². The molecule has 4 heteroatoms. The molecule has 1 saturated heterocycles. The van der Waals surface area contributed by atoms with E-state index in [9.17, 15) is 4.79 Å². The van der Waals surface area contributed by atoms with E-state index >= 15 is 0 Å². The summed E-state index contributed by atoms with van der Waals surface area (Å²) in [4.78, 5) is 14.1. The van der Waals surface area contributed by atoms with Gasteiger partial charge in [0, 0.05) is 13.6 Å². The van der Waals surface area contributed by atoms with Crippen LogP contribution in [0.5, 0.6) is 0 Å². The number of carbonyl (C=O) groups is 1. The molecule has 100 valence electrons. The van der Waals surface area contributed by atoms with Gasteiger partial charge in [-0.25, -0.2) is 0 Å². The third-order valence-corrected chi connectivity index (χ3v) is 3.60. The van der Waals surface area contributed by atoms with E-state index < -0.39 is 0 Å². The second-order valence-corrected chi connectivity index (χ2v) is 4.91. The first kappa shape index (κ1) is 13.6. The van der Waals surface area contributed by atoms with Gasteiger partial charge in [0.2, 0.25) is 5.91 Å². The summed E-state index contributed by atoms with van der Waals surface area (Å²) >= 11 is 0. The summed E-state index contributed by atoms with van der Waals surface area (Å²) in [7, 11) is 1.69. The number of nitrogens with zero attached hydrogens (tertiary/aromatic N) is 2. The van der Waals surface area contributed by atoms with Crippen LogP contribution in [-0.4, -0.2) is 30.4 Å². The number of likely N-dealkylation sites (N-methyl/N-ethyl adjacent to an activating group) is 1. The average molecular weight is 257 g/mol. The minimum atomic E-state index is -0.0375. The van der Waals surface area contributed by atoms with Gasteiger partial charge in [-0.1, -0.05) is 18.6 Å². The van der Waals surface area contributed by atoms with Crippen molar-refractivity contribution >= 4 is 5.91 Å². The summed E-state index contributed by atoms with van der Waals surface area (Å²) in [6.45, 7) is 1.67. The first-order chi connectivity index (χ1) is 9.24. The number of amides is 1. The third kappa shape index (κ3) is 3.33. The number of hydrogen-bond acceptors (Lipinski definition) is 3. The van der Waals surface area contributed by atoms with Crippen molar-refractivity contribution < 1.29 is 4.79 Å². The molecule has 1 aliphatic heterocycles. The lowest BCUT2D eigenvalue weighted by Crippen LogP contribution is -2.48. The molecule has 1 fully saturated rings. The summed E-state index contributed by atoms with van der Waals surface area (Å²) in [6, 6.07) is 9.72. The molecule has 1 aromatic carbocycles. The van der Waals surface area contributed by atoms with Crippen LogP contribution >= 0.6 is 0 Å². The highest BCUT2D eigenvalue weighted by molar-refractivity contribution is 5.81. The van der Waals surface area contributed by atoms with Gasteiger partial charge in [-0.3, -0.25) is 9.69 Å². The zero-order valence-electron chi connectivity index (χ0n) is 11.2. The number of likely N-dealkylation sites (tertiary alicyclic amines) is 1. The zero-order valence-corrected chi connectivity index (χ0v) is 11.2. The first-order valence-corrected chi connectivity index (χ1v) is 6.69. The SMILES string of the molecule is CNC(=O)C1CCCCN1Cc1cccc(C#N)c1. The number of nitriles is 1. The fraction of sp³-hybridized carbons (Fsp3) is 0.467. The summed E-state index contributed by atoms with van der Waals surface area (Å²) in [5.74, 6) is 0.0936. The Kier molecular flexibility index (Phi) is 4.53. The van der Waals surface area contributed by atoms with Gasteiger partial charge in [0.15, 0.2) is 0 Å². The van der Waals surface area contributed by atoms with Crippen molar-refractivity contribution in [2.45, 2.75) is 31.8 Å². The van der Waals surface area contributed by atoms with Crippen LogP contribution in [0.4, 0.5) is 0 Å². The molecule has 0 bridgehead atoms. The Morgan fingerprint density at radius 2 is 2.37 bits per heavy atom. The van der Waals surface area contributed by atoms with E-state index in [1.54, 1.807) is 13.1 Å². The van der Waals surface area contributed by atoms with Crippen molar-refractivity contribution in [3.05, 3.63) is 35.4 Å². The van der Waals surface area contributed by atoms with E-state index in [4.69, 9.17) is 5.26 Å². The largest absolute Gasteiger partial charge is 0.358 e. The minimum absolute atomic E-state index is 0.0375. The Labute approximate surface area is 114 Å². The van der Waals surface area contributed by atoms with Gasteiger partial charge in [0.25, 0.3) is 0 Å². The molecule has 19 heavy (non-hydrogen) atoms. The van der Waals surface area contributed by atoms with Crippen molar-refractivity contribution in [1.29, 1.82) is 5.26 Å². The molecule has 0 aliphatic carbocycles. The van der Waals surface area contributed by atoms with E-state index in [1.807, 2.05) is 18.2 Å². The van der Waals surface area contributed by atoms with E-state index in [2.05, 4.69) is 16.3 Å². The van der Waals surface area contributed by atoms with Crippen molar-refractivity contribution in [3.8, 4) is 6.07 Å². The molecule has 1 atom stereocenters. The second kappa shape index (κ2) is 6.35. The predicted octanol–water partition coefficient (Wildman–Crippen LogP) is 1.66. The molecular weight excluding hydrogens is 238 g/mol. The Bertz CT molecular complexity index is 492. The van der Waals surface area contributed by atoms with Gasteiger partial charge in [-0.05, 0) is 37.1 Å². The lowest BCUT2D eigenvalue weighted by atomic mass is 10.00. The van der Waals surface area contributed by atoms with Crippen LogP contribution in [-0.2, 0) is 11.3 Å². The molecule has 1 amide bonds. The highest BCUT2D eigenvalue weighted by Crippen LogP contribution is 2.20. The Morgan fingerprint density at radius 3 is 3.11 bits per heavy atom. The number of piperidine rings is 1. The summed E-state index contributed by atoms with van der Waals surface area (Å²) in [5.41, 5.74) is 1.76. The summed E-state index contributed by atoms with van der Waals surface area (Å²) in [5, 5.41) is 11.7. The maximum absolute atomic E-state index is 11.9. The quantitative estimate of drug-likeness (QED) is 0.896. The molecule has 0 aromatic heterocycles. The van der Waals surface area contributed by atoms with E-state index in [0.29, 0.717) is 5.56 Å². The van der Waals surface area contributed by atoms with Gasteiger partial charge in [-0.15, -0.1) is 0 Å². The molecule has 1 aromatic rings. The van der Waals surface area contributed by atoms with E-state index in [-0.39, 0.29) is 11.9 Å². The van der Waals surface area contributed by atoms with E-state index in [1.165, 1.54) is 0 Å². The maximum atomic E-state index is 11.9. The maximum Gasteiger partial charge on any atom is 0.237 e. The number of carbonyl (C=O) groups excluding carboxylic acids is 1. The van der Waals surface area contributed by atoms with Crippen molar-refractivity contribution in [2.75, 3.05) is 13.6 Å². The van der Waals surface area contributed by atoms with Crippen molar-refractivity contribution in [3.63, 3.8) is 0 Å². The van der Waals surface area contributed by atoms with Crippen molar-refractivity contribution in [1.82, 2.24) is 10.2 Å². The molecule has 0 spiro atoms. The molecule has 2 rings (SSSR count). The van der Waals surface area contributed by atoms with Crippen LogP contribution in [0.2, 0.25) is 0 Å². The number of benzene rings is 1. The van der Waals surface area contributed by atoms with Gasteiger partial charge in [0.1, 0.15) is 0 Å². The first-order valence-electron chi connectivity index (χ1n) is 6.69. The highest BCUT2D eigenvalue weighted by Gasteiger charge is 2.27. The van der Waals surface area contributed by atoms with Crippen LogP contribution in [0.1, 0.15) is 30.4 Å². The van der Waals surface area contributed by atoms with Gasteiger partial charge < -0.3 is 5.32 Å². The molecule has 1 heterocycles. The molecule has 0 saturated carbocycles. The zero-order chi connectivity index (χ0) is 13.7. The molecule has 0 radical (unpaired) electrons. The molecular formula is C15H19N3O. The van der Waals surface area contributed by atoms with Crippen LogP contribution in [0.3, 0.4) is 0 Å². The fourth-order valence-corrected chi connectivity index (χ4v) is 2.62. The van der Waals surface area contributed by atoms with Crippen LogP contribution in [0.25, 0.3) is 0 Å². The van der Waals surface area contributed by atoms with Crippen LogP contribution in [0.15, 0.2) is 24.3 Å². The Balaban J connectivity index is 2.10. The van der Waals surface area contributed by atoms with Gasteiger partial charge in [0.05, 0.1) is 17.7 Å². The normalized spacial score (nSPS) is 19.7. The van der Waals surface area contributed by atoms with E-state index in [0.717, 1.165) is 37.9 Å². The standard InChI is InChI=1S/C15H19N3O/c1-17-15(19)14-7-2-3-8-18(14)11-13-6-4-5-12(9-13)10-16/h4-6,9,14H,2-3,7-8,11H2,1H3,(H,17,19). The van der Waals surface area contributed by atoms with Gasteiger partial charge in [-0.2, -0.15) is 5.26 Å². The van der Waals surface area contributed by atoms with Crippen molar-refractivity contribution in [2.24, 2.45) is 0 Å². The second-order valence-electron chi connectivity index (χ2n) is 4.91. The lowest BCUT2D eigenvalue weighted by molar-refractivity contribution is -0.127. The Morgan fingerprint density at radius 1 is 1.53 bits per heavy atom. The monoisotopic (exact) mass is 257 g/mol. The average Bonchev–Trinajstić information content (AvgIpc) is 2.47. The molecule has 4 nitrogen and oxygen atoms in total. The van der Waals surface area contributed by atoms with Crippen LogP contribution in [0, 0.1) is 11.3 Å². The predicted molar refractivity (Wildman–Crippen MR) is 73.3 cm³/mol. The van der Waals surface area contributed by atoms with Crippen LogP contribution < -0.4 is 5.32 Å². The summed E-state index contributed by atoms with van der Waals surface area (Å²) in [6.07, 6.45) is 3.15. The summed E-state index contributed by atoms with van der Waals surface area (Å²) < 4.78 is 0. The number of nitrogens with one attached hydrogen (secondary N) is 1.